The number of carbonyl (C=O) groups excluding carboxylic acids is 1. The first-order valence-corrected chi connectivity index (χ1v) is 8.17. The second-order valence-corrected chi connectivity index (χ2v) is 5.99. The number of nitrogens with zero attached hydrogens (tertiary/aromatic N) is 2. The molecule has 0 unspecified atom stereocenters. The highest BCUT2D eigenvalue weighted by Gasteiger charge is 2.20. The van der Waals surface area contributed by atoms with Gasteiger partial charge in [0.25, 0.3) is 11.5 Å². The van der Waals surface area contributed by atoms with Crippen molar-refractivity contribution in [2.75, 3.05) is 6.79 Å². The lowest BCUT2D eigenvalue weighted by Crippen LogP contribution is -2.19. The highest BCUT2D eigenvalue weighted by molar-refractivity contribution is 5.92. The number of hydrogen-bond donors (Lipinski definition) is 2. The second-order valence-electron chi connectivity index (χ2n) is 5.99. The summed E-state index contributed by atoms with van der Waals surface area (Å²) in [6.45, 7) is 0.178. The molecule has 0 radical (unpaired) electrons. The van der Waals surface area contributed by atoms with E-state index in [0.29, 0.717) is 17.9 Å². The second kappa shape index (κ2) is 6.60. The average Bonchev–Trinajstić information content (AvgIpc) is 3.25. The van der Waals surface area contributed by atoms with Crippen LogP contribution in [0.4, 0.5) is 4.39 Å². The number of primary amides is 1. The molecule has 0 atom stereocenters. The van der Waals surface area contributed by atoms with Crippen LogP contribution in [-0.2, 0) is 12.8 Å². The Morgan fingerprint density at radius 2 is 2.04 bits per heavy atom. The van der Waals surface area contributed by atoms with Crippen LogP contribution < -0.4 is 20.8 Å². The molecule has 1 aliphatic heterocycles. The van der Waals surface area contributed by atoms with E-state index in [-0.39, 0.29) is 30.3 Å². The molecule has 0 saturated heterocycles. The number of hydrogen-bond acceptors (Lipinski definition) is 5. The predicted molar refractivity (Wildman–Crippen MR) is 92.6 cm³/mol. The Morgan fingerprint density at radius 3 is 2.78 bits per heavy atom. The summed E-state index contributed by atoms with van der Waals surface area (Å²) in [6, 6.07) is 8.00. The van der Waals surface area contributed by atoms with Gasteiger partial charge in [-0.1, -0.05) is 6.07 Å². The SMILES string of the molecule is NC(=O)c1[nH]n(-c2ccc(F)cn2)c(=O)c1CCc1ccc2c(c1)OCO2. The van der Waals surface area contributed by atoms with Gasteiger partial charge in [-0.15, -0.1) is 0 Å². The molecule has 4 rings (SSSR count). The van der Waals surface area contributed by atoms with E-state index in [0.717, 1.165) is 16.4 Å². The lowest BCUT2D eigenvalue weighted by molar-refractivity contribution is 0.0994. The lowest BCUT2D eigenvalue weighted by atomic mass is 10.0. The number of ether oxygens (including phenoxy) is 2. The van der Waals surface area contributed by atoms with Gasteiger partial charge in [-0.05, 0) is 42.7 Å². The van der Waals surface area contributed by atoms with Gasteiger partial charge in [0.05, 0.1) is 11.8 Å². The highest BCUT2D eigenvalue weighted by Crippen LogP contribution is 2.32. The lowest BCUT2D eigenvalue weighted by Gasteiger charge is -2.02. The van der Waals surface area contributed by atoms with Crippen LogP contribution in [0.15, 0.2) is 41.3 Å². The normalized spacial score (nSPS) is 12.3. The number of aryl methyl sites for hydroxylation is 1. The van der Waals surface area contributed by atoms with Gasteiger partial charge >= 0.3 is 0 Å². The number of rotatable bonds is 5. The van der Waals surface area contributed by atoms with Gasteiger partial charge in [0.1, 0.15) is 11.5 Å². The Morgan fingerprint density at radius 1 is 1.22 bits per heavy atom. The number of carbonyl (C=O) groups is 1. The largest absolute Gasteiger partial charge is 0.454 e. The molecule has 3 heterocycles. The Balaban J connectivity index is 1.64. The summed E-state index contributed by atoms with van der Waals surface area (Å²) < 4.78 is 24.8. The van der Waals surface area contributed by atoms with Gasteiger partial charge in [-0.3, -0.25) is 14.7 Å². The van der Waals surface area contributed by atoms with E-state index < -0.39 is 17.3 Å². The first-order valence-electron chi connectivity index (χ1n) is 8.17. The monoisotopic (exact) mass is 370 g/mol. The van der Waals surface area contributed by atoms with E-state index in [1.807, 2.05) is 12.1 Å². The van der Waals surface area contributed by atoms with Gasteiger partial charge < -0.3 is 15.2 Å². The fourth-order valence-electron chi connectivity index (χ4n) is 2.94. The molecule has 3 N–H and O–H groups in total. The van der Waals surface area contributed by atoms with E-state index in [1.54, 1.807) is 6.07 Å². The molecule has 0 saturated carbocycles. The molecule has 3 aromatic rings. The summed E-state index contributed by atoms with van der Waals surface area (Å²) in [4.78, 5) is 28.3. The Hall–Kier alpha value is -3.62. The van der Waals surface area contributed by atoms with E-state index >= 15 is 0 Å². The summed E-state index contributed by atoms with van der Waals surface area (Å²) in [5.74, 6) is 0.191. The van der Waals surface area contributed by atoms with Gasteiger partial charge in [0.15, 0.2) is 17.3 Å². The van der Waals surface area contributed by atoms with Crippen LogP contribution in [0.25, 0.3) is 5.82 Å². The average molecular weight is 370 g/mol. The first kappa shape index (κ1) is 16.8. The maximum Gasteiger partial charge on any atom is 0.276 e. The smallest absolute Gasteiger partial charge is 0.276 e. The zero-order chi connectivity index (χ0) is 19.0. The topological polar surface area (TPSA) is 112 Å². The first-order chi connectivity index (χ1) is 13.0. The van der Waals surface area contributed by atoms with E-state index in [4.69, 9.17) is 15.2 Å². The summed E-state index contributed by atoms with van der Waals surface area (Å²) in [6.07, 6.45) is 1.75. The number of nitrogens with one attached hydrogen (secondary N) is 1. The van der Waals surface area contributed by atoms with Crippen molar-refractivity contribution in [1.82, 2.24) is 14.8 Å². The summed E-state index contributed by atoms with van der Waals surface area (Å²) in [5, 5.41) is 2.66. The summed E-state index contributed by atoms with van der Waals surface area (Å²) in [7, 11) is 0. The minimum atomic E-state index is -0.756. The number of amides is 1. The van der Waals surface area contributed by atoms with Crippen LogP contribution in [0.3, 0.4) is 0 Å². The Bertz CT molecular complexity index is 1070. The molecule has 0 bridgehead atoms. The van der Waals surface area contributed by atoms with Crippen molar-refractivity contribution in [3.8, 4) is 17.3 Å². The highest BCUT2D eigenvalue weighted by atomic mass is 19.1. The zero-order valence-electron chi connectivity index (χ0n) is 14.1. The number of aromatic nitrogens is 3. The van der Waals surface area contributed by atoms with Gasteiger partial charge in [0, 0.05) is 0 Å². The van der Waals surface area contributed by atoms with Gasteiger partial charge in [-0.2, -0.15) is 0 Å². The molecule has 0 spiro atoms. The minimum Gasteiger partial charge on any atom is -0.454 e. The molecular formula is C18H15FN4O4. The molecule has 8 nitrogen and oxygen atoms in total. The molecule has 27 heavy (non-hydrogen) atoms. The maximum absolute atomic E-state index is 13.1. The molecule has 9 heteroatoms. The molecule has 2 aromatic heterocycles. The Kier molecular flexibility index (Phi) is 4.11. The van der Waals surface area contributed by atoms with Crippen LogP contribution in [0, 0.1) is 5.82 Å². The third-order valence-corrected chi connectivity index (χ3v) is 4.27. The molecule has 138 valence electrons. The fourth-order valence-corrected chi connectivity index (χ4v) is 2.94. The number of benzene rings is 1. The van der Waals surface area contributed by atoms with Crippen molar-refractivity contribution in [1.29, 1.82) is 0 Å². The third kappa shape index (κ3) is 3.14. The van der Waals surface area contributed by atoms with Crippen LogP contribution in [-0.4, -0.2) is 27.5 Å². The molecule has 1 amide bonds. The summed E-state index contributed by atoms with van der Waals surface area (Å²) in [5.41, 5.74) is 6.11. The number of H-pyrrole nitrogens is 1. The minimum absolute atomic E-state index is 0.00636. The van der Waals surface area contributed by atoms with Crippen LogP contribution in [0.1, 0.15) is 21.6 Å². The zero-order valence-corrected chi connectivity index (χ0v) is 14.1. The van der Waals surface area contributed by atoms with Crippen molar-refractivity contribution in [3.05, 3.63) is 69.5 Å². The van der Waals surface area contributed by atoms with Crippen molar-refractivity contribution in [2.24, 2.45) is 5.73 Å². The molecule has 0 aliphatic carbocycles. The predicted octanol–water partition coefficient (Wildman–Crippen LogP) is 1.31. The van der Waals surface area contributed by atoms with Crippen LogP contribution in [0.5, 0.6) is 11.5 Å². The molecule has 1 aliphatic rings. The quantitative estimate of drug-likeness (QED) is 0.703. The van der Waals surface area contributed by atoms with Crippen molar-refractivity contribution >= 4 is 5.91 Å². The maximum atomic E-state index is 13.1. The van der Waals surface area contributed by atoms with Crippen molar-refractivity contribution in [3.63, 3.8) is 0 Å². The fraction of sp³-hybridized carbons (Fsp3) is 0.167. The van der Waals surface area contributed by atoms with Crippen molar-refractivity contribution in [2.45, 2.75) is 12.8 Å². The van der Waals surface area contributed by atoms with E-state index in [9.17, 15) is 14.0 Å². The number of halogens is 1. The van der Waals surface area contributed by atoms with Crippen LogP contribution >= 0.6 is 0 Å². The van der Waals surface area contributed by atoms with E-state index in [1.165, 1.54) is 12.1 Å². The standard InChI is InChI=1S/C18H15FN4O4/c19-11-3-6-15(21-8-11)23-18(25)12(16(22-23)17(20)24)4-1-10-2-5-13-14(7-10)27-9-26-13/h2-3,5-8,22H,1,4,9H2,(H2,20,24). The summed E-state index contributed by atoms with van der Waals surface area (Å²) >= 11 is 0. The third-order valence-electron chi connectivity index (χ3n) is 4.27. The number of aromatic amines is 1. The van der Waals surface area contributed by atoms with E-state index in [2.05, 4.69) is 10.1 Å². The number of fused-ring (bicyclic) bond motifs is 1. The number of pyridine rings is 1. The molecular weight excluding hydrogens is 355 g/mol. The van der Waals surface area contributed by atoms with Gasteiger partial charge in [-0.25, -0.2) is 14.1 Å². The van der Waals surface area contributed by atoms with Gasteiger partial charge in [0.2, 0.25) is 6.79 Å². The van der Waals surface area contributed by atoms with Crippen molar-refractivity contribution < 1.29 is 18.7 Å². The number of nitrogens with two attached hydrogens (primary N) is 1. The molecule has 0 fully saturated rings. The Labute approximate surface area is 152 Å². The molecule has 1 aromatic carbocycles. The van der Waals surface area contributed by atoms with Crippen LogP contribution in [0.2, 0.25) is 0 Å².